The Morgan fingerprint density at radius 2 is 1.86 bits per heavy atom. The van der Waals surface area contributed by atoms with Crippen LogP contribution >= 0.6 is 0 Å². The molecule has 1 fully saturated rings. The van der Waals surface area contributed by atoms with Gasteiger partial charge in [-0.25, -0.2) is 18.9 Å². The van der Waals surface area contributed by atoms with E-state index in [1.165, 1.54) is 17.2 Å². The van der Waals surface area contributed by atoms with Crippen LogP contribution in [0.3, 0.4) is 0 Å². The highest BCUT2D eigenvalue weighted by Gasteiger charge is 2.26. The summed E-state index contributed by atoms with van der Waals surface area (Å²) in [5.41, 5.74) is 3.54. The van der Waals surface area contributed by atoms with E-state index in [4.69, 9.17) is 9.15 Å². The van der Waals surface area contributed by atoms with E-state index in [1.807, 2.05) is 46.9 Å². The minimum atomic E-state index is -0.597. The van der Waals surface area contributed by atoms with Gasteiger partial charge in [-0.05, 0) is 43.2 Å². The lowest BCUT2D eigenvalue weighted by Gasteiger charge is -2.29. The average molecular weight is 507 g/mol. The largest absolute Gasteiger partial charge is 0.424 e. The van der Waals surface area contributed by atoms with Crippen molar-refractivity contribution in [2.75, 3.05) is 43.2 Å². The highest BCUT2D eigenvalue weighted by molar-refractivity contribution is 6.06. The van der Waals surface area contributed by atoms with Crippen molar-refractivity contribution in [2.24, 2.45) is 0 Å². The molecule has 0 radical (unpaired) electrons. The van der Waals surface area contributed by atoms with Crippen LogP contribution in [0.4, 0.5) is 16.0 Å². The molecule has 1 aliphatic heterocycles. The number of hydrogen-bond donors (Lipinski definition) is 0. The van der Waals surface area contributed by atoms with E-state index in [9.17, 15) is 4.79 Å². The Hall–Kier alpha value is -3.79. The molecule has 0 atom stereocenters. The topological polar surface area (TPSA) is 89.0 Å². The maximum atomic E-state index is 15.2. The minimum Gasteiger partial charge on any atom is -0.424 e. The molecule has 0 unspecified atom stereocenters. The molecule has 1 amide bonds. The normalized spacial score (nSPS) is 14.4. The third kappa shape index (κ3) is 4.69. The highest BCUT2D eigenvalue weighted by atomic mass is 19.1. The molecule has 4 aromatic rings. The van der Waals surface area contributed by atoms with Crippen LogP contribution in [0.15, 0.2) is 35.0 Å². The number of oxazole rings is 1. The molecule has 1 saturated heterocycles. The van der Waals surface area contributed by atoms with Crippen molar-refractivity contribution in [3.05, 3.63) is 59.3 Å². The first-order valence-corrected chi connectivity index (χ1v) is 12.3. The number of carbonyl (C=O) groups excluding carboxylic acids is 1. The van der Waals surface area contributed by atoms with Crippen molar-refractivity contribution in [2.45, 2.75) is 40.0 Å². The Morgan fingerprint density at radius 1 is 1.14 bits per heavy atom. The lowest BCUT2D eigenvalue weighted by Crippen LogP contribution is -2.36. The molecule has 37 heavy (non-hydrogen) atoms. The molecule has 0 spiro atoms. The smallest absolute Gasteiger partial charge is 0.263 e. The van der Waals surface area contributed by atoms with Gasteiger partial charge in [0.25, 0.3) is 5.91 Å². The van der Waals surface area contributed by atoms with E-state index in [0.29, 0.717) is 30.5 Å². The van der Waals surface area contributed by atoms with Gasteiger partial charge >= 0.3 is 0 Å². The summed E-state index contributed by atoms with van der Waals surface area (Å²) in [6, 6.07) is 5.01. The van der Waals surface area contributed by atoms with Gasteiger partial charge in [0.05, 0.1) is 30.7 Å². The first-order chi connectivity index (χ1) is 17.5. The van der Waals surface area contributed by atoms with E-state index < -0.39 is 11.7 Å². The molecular formula is C27H31FN6O3. The number of benzene rings is 1. The number of aryl methyl sites for hydroxylation is 2. The highest BCUT2D eigenvalue weighted by Crippen LogP contribution is 2.33. The SMILES string of the molecule is Cc1nc2c(N3CCOCC3)cc(-c3cc(C(=O)N(C)c4cnc(C(C)(C)C)o4)c(F)cc3C)cn2n1. The van der Waals surface area contributed by atoms with Crippen molar-refractivity contribution in [1.82, 2.24) is 19.6 Å². The minimum absolute atomic E-state index is 0.0559. The maximum Gasteiger partial charge on any atom is 0.263 e. The monoisotopic (exact) mass is 506 g/mol. The van der Waals surface area contributed by atoms with Crippen molar-refractivity contribution >= 4 is 23.1 Å². The van der Waals surface area contributed by atoms with Crippen molar-refractivity contribution in [1.29, 1.82) is 0 Å². The number of morpholine rings is 1. The van der Waals surface area contributed by atoms with Gasteiger partial charge in [0, 0.05) is 37.3 Å². The summed E-state index contributed by atoms with van der Waals surface area (Å²) >= 11 is 0. The lowest BCUT2D eigenvalue weighted by molar-refractivity contribution is 0.0984. The van der Waals surface area contributed by atoms with Crippen molar-refractivity contribution < 1.29 is 18.3 Å². The van der Waals surface area contributed by atoms with Gasteiger partial charge in [-0.2, -0.15) is 5.10 Å². The van der Waals surface area contributed by atoms with Gasteiger partial charge in [-0.1, -0.05) is 20.8 Å². The van der Waals surface area contributed by atoms with E-state index >= 15 is 4.39 Å². The van der Waals surface area contributed by atoms with Crippen LogP contribution in [0.1, 0.15) is 48.4 Å². The Balaban J connectivity index is 1.56. The van der Waals surface area contributed by atoms with Crippen LogP contribution < -0.4 is 9.80 Å². The molecule has 1 aliphatic rings. The molecule has 3 aromatic heterocycles. The third-order valence-corrected chi connectivity index (χ3v) is 6.50. The Morgan fingerprint density at radius 3 is 2.54 bits per heavy atom. The van der Waals surface area contributed by atoms with Crippen LogP contribution in [0.25, 0.3) is 16.8 Å². The van der Waals surface area contributed by atoms with Gasteiger partial charge in [0.2, 0.25) is 11.8 Å². The molecule has 5 rings (SSSR count). The number of ether oxygens (including phenoxy) is 1. The summed E-state index contributed by atoms with van der Waals surface area (Å²) in [6.07, 6.45) is 3.35. The zero-order chi connectivity index (χ0) is 26.5. The van der Waals surface area contributed by atoms with Crippen molar-refractivity contribution in [3.8, 4) is 11.1 Å². The van der Waals surface area contributed by atoms with Crippen LogP contribution in [-0.2, 0) is 10.2 Å². The standard InChI is InChI=1S/C27H31FN6O3/c1-16-11-21(28)20(25(35)32(6)23-14-29-26(37-23)27(3,4)5)13-19(16)18-12-22(33-7-9-36-10-8-33)24-30-17(2)31-34(24)15-18/h11-15H,7-10H2,1-6H3. The molecule has 194 valence electrons. The molecule has 10 heteroatoms. The quantitative estimate of drug-likeness (QED) is 0.401. The van der Waals surface area contributed by atoms with Crippen LogP contribution in [-0.4, -0.2) is 58.8 Å². The number of nitrogens with zero attached hydrogens (tertiary/aromatic N) is 6. The molecule has 0 saturated carbocycles. The van der Waals surface area contributed by atoms with Gasteiger partial charge in [0.15, 0.2) is 5.65 Å². The molecular weight excluding hydrogens is 475 g/mol. The summed E-state index contributed by atoms with van der Waals surface area (Å²) in [5, 5.41) is 4.53. The predicted molar refractivity (Wildman–Crippen MR) is 139 cm³/mol. The lowest BCUT2D eigenvalue weighted by atomic mass is 9.97. The number of halogens is 1. The second-order valence-electron chi connectivity index (χ2n) is 10.4. The fraction of sp³-hybridized carbons (Fsp3) is 0.407. The molecule has 0 bridgehead atoms. The number of hydrogen-bond acceptors (Lipinski definition) is 7. The van der Waals surface area contributed by atoms with E-state index in [1.54, 1.807) is 17.6 Å². The van der Waals surface area contributed by atoms with E-state index in [2.05, 4.69) is 20.0 Å². The Kier molecular flexibility index (Phi) is 6.23. The van der Waals surface area contributed by atoms with Gasteiger partial charge in [0.1, 0.15) is 11.6 Å². The zero-order valence-corrected chi connectivity index (χ0v) is 22.0. The van der Waals surface area contributed by atoms with Crippen LogP contribution in [0.2, 0.25) is 0 Å². The zero-order valence-electron chi connectivity index (χ0n) is 22.0. The number of pyridine rings is 1. The fourth-order valence-corrected chi connectivity index (χ4v) is 4.46. The number of aromatic nitrogens is 4. The van der Waals surface area contributed by atoms with E-state index in [-0.39, 0.29) is 16.9 Å². The molecule has 4 heterocycles. The maximum absolute atomic E-state index is 15.2. The van der Waals surface area contributed by atoms with Gasteiger partial charge in [-0.15, -0.1) is 0 Å². The Bertz CT molecular complexity index is 1480. The number of fused-ring (bicyclic) bond motifs is 1. The first kappa shape index (κ1) is 24.9. The third-order valence-electron chi connectivity index (χ3n) is 6.50. The van der Waals surface area contributed by atoms with Gasteiger partial charge < -0.3 is 14.1 Å². The first-order valence-electron chi connectivity index (χ1n) is 12.3. The van der Waals surface area contributed by atoms with Gasteiger partial charge in [-0.3, -0.25) is 9.69 Å². The van der Waals surface area contributed by atoms with E-state index in [0.717, 1.165) is 35.6 Å². The van der Waals surface area contributed by atoms with Crippen molar-refractivity contribution in [3.63, 3.8) is 0 Å². The predicted octanol–water partition coefficient (Wildman–Crippen LogP) is 4.55. The number of rotatable bonds is 4. The number of anilines is 2. The summed E-state index contributed by atoms with van der Waals surface area (Å²) in [6.45, 7) is 12.3. The summed E-state index contributed by atoms with van der Waals surface area (Å²) in [5.74, 6) is 0.285. The van der Waals surface area contributed by atoms with Crippen LogP contribution in [0, 0.1) is 19.7 Å². The average Bonchev–Trinajstić information content (AvgIpc) is 3.50. The summed E-state index contributed by atoms with van der Waals surface area (Å²) < 4.78 is 28.2. The molecule has 0 N–H and O–H groups in total. The molecule has 0 aliphatic carbocycles. The second-order valence-corrected chi connectivity index (χ2v) is 10.4. The summed E-state index contributed by atoms with van der Waals surface area (Å²) in [4.78, 5) is 25.8. The number of amides is 1. The molecule has 9 nitrogen and oxygen atoms in total. The Labute approximate surface area is 214 Å². The summed E-state index contributed by atoms with van der Waals surface area (Å²) in [7, 11) is 1.55. The number of carbonyl (C=O) groups is 1. The second kappa shape index (κ2) is 9.26. The molecule has 1 aromatic carbocycles. The van der Waals surface area contributed by atoms with Crippen LogP contribution in [0.5, 0.6) is 0 Å². The fourth-order valence-electron chi connectivity index (χ4n) is 4.46.